The van der Waals surface area contributed by atoms with Crippen LogP contribution < -0.4 is 5.32 Å². The van der Waals surface area contributed by atoms with E-state index in [9.17, 15) is 9.59 Å². The monoisotopic (exact) mass is 402 g/mol. The minimum Gasteiger partial charge on any atom is -0.342 e. The zero-order chi connectivity index (χ0) is 16.9. The Bertz CT molecular complexity index is 588. The third kappa shape index (κ3) is 5.32. The lowest BCUT2D eigenvalue weighted by Gasteiger charge is -2.47. The molecule has 1 aromatic heterocycles. The van der Waals surface area contributed by atoms with Crippen molar-refractivity contribution in [2.45, 2.75) is 31.7 Å². The van der Waals surface area contributed by atoms with Crippen molar-refractivity contribution < 1.29 is 9.59 Å². The number of nitrogens with zero attached hydrogens (tertiary/aromatic N) is 3. The van der Waals surface area contributed by atoms with Crippen LogP contribution in [0.15, 0.2) is 24.5 Å². The van der Waals surface area contributed by atoms with E-state index in [2.05, 4.69) is 10.3 Å². The van der Waals surface area contributed by atoms with Gasteiger partial charge in [-0.2, -0.15) is 0 Å². The Morgan fingerprint density at radius 1 is 1.27 bits per heavy atom. The number of rotatable bonds is 5. The SMILES string of the molecule is CNCCN1C(=O)CC[C@H]2CN(C(=O)Cc3ccncc3)CC[C@H]21.Cl.Cl. The number of hydrogen-bond donors (Lipinski definition) is 1. The van der Waals surface area contributed by atoms with Gasteiger partial charge in [0.05, 0.1) is 6.42 Å². The van der Waals surface area contributed by atoms with Gasteiger partial charge in [-0.15, -0.1) is 24.8 Å². The van der Waals surface area contributed by atoms with E-state index in [1.807, 2.05) is 29.0 Å². The Labute approximate surface area is 167 Å². The van der Waals surface area contributed by atoms with Gasteiger partial charge in [-0.1, -0.05) is 0 Å². The Hall–Kier alpha value is -1.37. The van der Waals surface area contributed by atoms with E-state index in [1.54, 1.807) is 12.4 Å². The molecule has 6 nitrogen and oxygen atoms in total. The summed E-state index contributed by atoms with van der Waals surface area (Å²) in [6.45, 7) is 3.10. The van der Waals surface area contributed by atoms with Crippen molar-refractivity contribution in [1.82, 2.24) is 20.1 Å². The average Bonchev–Trinajstić information content (AvgIpc) is 2.61. The number of carbonyl (C=O) groups excluding carboxylic acids is 2. The first-order chi connectivity index (χ1) is 11.7. The molecule has 0 spiro atoms. The summed E-state index contributed by atoms with van der Waals surface area (Å²) in [4.78, 5) is 32.8. The molecule has 2 aliphatic rings. The van der Waals surface area contributed by atoms with Crippen LogP contribution in [0.5, 0.6) is 0 Å². The van der Waals surface area contributed by atoms with Crippen LogP contribution in [-0.2, 0) is 16.0 Å². The average molecular weight is 403 g/mol. The summed E-state index contributed by atoms with van der Waals surface area (Å²) in [6.07, 6.45) is 6.28. The molecule has 1 aromatic rings. The lowest BCUT2D eigenvalue weighted by Crippen LogP contribution is -2.57. The summed E-state index contributed by atoms with van der Waals surface area (Å²) in [5, 5.41) is 3.12. The number of pyridine rings is 1. The summed E-state index contributed by atoms with van der Waals surface area (Å²) in [5.41, 5.74) is 1.01. The molecule has 3 rings (SSSR count). The highest BCUT2D eigenvalue weighted by Gasteiger charge is 2.39. The van der Waals surface area contributed by atoms with Crippen molar-refractivity contribution in [3.63, 3.8) is 0 Å². The van der Waals surface area contributed by atoms with E-state index < -0.39 is 0 Å². The van der Waals surface area contributed by atoms with Crippen LogP contribution >= 0.6 is 24.8 Å². The highest BCUT2D eigenvalue weighted by atomic mass is 35.5. The molecule has 2 saturated heterocycles. The smallest absolute Gasteiger partial charge is 0.227 e. The number of carbonyl (C=O) groups is 2. The van der Waals surface area contributed by atoms with Gasteiger partial charge in [-0.3, -0.25) is 14.6 Å². The number of halogens is 2. The molecule has 2 fully saturated rings. The van der Waals surface area contributed by atoms with Crippen LogP contribution in [0.1, 0.15) is 24.8 Å². The molecule has 0 unspecified atom stereocenters. The number of hydrogen-bond acceptors (Lipinski definition) is 4. The maximum atomic E-state index is 12.6. The Kier molecular flexibility index (Phi) is 9.33. The van der Waals surface area contributed by atoms with Crippen LogP contribution in [0.2, 0.25) is 0 Å². The second kappa shape index (κ2) is 10.7. The lowest BCUT2D eigenvalue weighted by molar-refractivity contribution is -0.143. The molecule has 26 heavy (non-hydrogen) atoms. The van der Waals surface area contributed by atoms with Gasteiger partial charge in [0.2, 0.25) is 11.8 Å². The van der Waals surface area contributed by atoms with Crippen LogP contribution in [-0.4, -0.2) is 65.9 Å². The first-order valence-corrected chi connectivity index (χ1v) is 8.80. The Morgan fingerprint density at radius 3 is 2.69 bits per heavy atom. The van der Waals surface area contributed by atoms with Gasteiger partial charge >= 0.3 is 0 Å². The fraction of sp³-hybridized carbons (Fsp3) is 0.611. The van der Waals surface area contributed by atoms with Crippen molar-refractivity contribution in [2.24, 2.45) is 5.92 Å². The van der Waals surface area contributed by atoms with Crippen LogP contribution in [0.25, 0.3) is 0 Å². The van der Waals surface area contributed by atoms with Crippen LogP contribution in [0.4, 0.5) is 0 Å². The molecule has 2 aliphatic heterocycles. The van der Waals surface area contributed by atoms with Crippen molar-refractivity contribution >= 4 is 36.6 Å². The molecular weight excluding hydrogens is 375 g/mol. The Balaban J connectivity index is 0.00000169. The van der Waals surface area contributed by atoms with E-state index in [-0.39, 0.29) is 36.6 Å². The molecule has 0 bridgehead atoms. The number of likely N-dealkylation sites (tertiary alicyclic amines) is 2. The third-order valence-corrected chi connectivity index (χ3v) is 5.20. The van der Waals surface area contributed by atoms with Crippen molar-refractivity contribution in [2.75, 3.05) is 33.2 Å². The predicted octanol–water partition coefficient (Wildman–Crippen LogP) is 1.53. The Morgan fingerprint density at radius 2 is 2.00 bits per heavy atom. The molecule has 0 aromatic carbocycles. The molecule has 8 heteroatoms. The largest absolute Gasteiger partial charge is 0.342 e. The molecule has 2 amide bonds. The van der Waals surface area contributed by atoms with Gasteiger partial charge in [-0.05, 0) is 43.5 Å². The standard InChI is InChI=1S/C18H26N4O2.2ClH/c1-19-9-11-22-16-6-10-21(13-15(16)2-3-17(22)23)18(24)12-14-4-7-20-8-5-14;;/h4-5,7-8,15-16,19H,2-3,6,9-13H2,1H3;2*1H/t15-,16+;;/m0../s1. The van der Waals surface area contributed by atoms with E-state index >= 15 is 0 Å². The topological polar surface area (TPSA) is 65.5 Å². The maximum absolute atomic E-state index is 12.6. The van der Waals surface area contributed by atoms with Crippen LogP contribution in [0, 0.1) is 5.92 Å². The summed E-state index contributed by atoms with van der Waals surface area (Å²) in [6, 6.07) is 4.08. The molecular formula is C18H28Cl2N4O2. The number of piperidine rings is 2. The normalized spacial score (nSPS) is 22.1. The zero-order valence-corrected chi connectivity index (χ0v) is 16.7. The molecule has 2 atom stereocenters. The van der Waals surface area contributed by atoms with Gasteiger partial charge < -0.3 is 15.1 Å². The van der Waals surface area contributed by atoms with E-state index in [0.717, 1.165) is 44.6 Å². The van der Waals surface area contributed by atoms with Crippen LogP contribution in [0.3, 0.4) is 0 Å². The number of likely N-dealkylation sites (N-methyl/N-ethyl adjacent to an activating group) is 1. The van der Waals surface area contributed by atoms with E-state index in [1.165, 1.54) is 0 Å². The fourth-order valence-electron chi connectivity index (χ4n) is 3.89. The van der Waals surface area contributed by atoms with Crippen molar-refractivity contribution in [3.8, 4) is 0 Å². The lowest BCUT2D eigenvalue weighted by atomic mass is 9.83. The minimum atomic E-state index is 0. The highest BCUT2D eigenvalue weighted by Crippen LogP contribution is 2.31. The number of amides is 2. The highest BCUT2D eigenvalue weighted by molar-refractivity contribution is 5.85. The predicted molar refractivity (Wildman–Crippen MR) is 106 cm³/mol. The van der Waals surface area contributed by atoms with Gasteiger partial charge in [0.15, 0.2) is 0 Å². The maximum Gasteiger partial charge on any atom is 0.227 e. The first-order valence-electron chi connectivity index (χ1n) is 8.80. The van der Waals surface area contributed by atoms with E-state index in [0.29, 0.717) is 24.8 Å². The van der Waals surface area contributed by atoms with E-state index in [4.69, 9.17) is 0 Å². The summed E-state index contributed by atoms with van der Waals surface area (Å²) >= 11 is 0. The fourth-order valence-corrected chi connectivity index (χ4v) is 3.89. The number of fused-ring (bicyclic) bond motifs is 1. The van der Waals surface area contributed by atoms with Gasteiger partial charge in [0, 0.05) is 51.0 Å². The van der Waals surface area contributed by atoms with Crippen molar-refractivity contribution in [3.05, 3.63) is 30.1 Å². The zero-order valence-electron chi connectivity index (χ0n) is 15.1. The molecule has 0 saturated carbocycles. The molecule has 146 valence electrons. The summed E-state index contributed by atoms with van der Waals surface area (Å²) in [5.74, 6) is 0.857. The summed E-state index contributed by atoms with van der Waals surface area (Å²) < 4.78 is 0. The molecule has 0 radical (unpaired) electrons. The second-order valence-corrected chi connectivity index (χ2v) is 6.72. The third-order valence-electron chi connectivity index (χ3n) is 5.20. The first kappa shape index (κ1) is 22.7. The summed E-state index contributed by atoms with van der Waals surface area (Å²) in [7, 11) is 1.91. The minimum absolute atomic E-state index is 0. The van der Waals surface area contributed by atoms with Gasteiger partial charge in [0.1, 0.15) is 0 Å². The number of nitrogens with one attached hydrogen (secondary N) is 1. The van der Waals surface area contributed by atoms with Gasteiger partial charge in [-0.25, -0.2) is 0 Å². The second-order valence-electron chi connectivity index (χ2n) is 6.72. The molecule has 1 N–H and O–H groups in total. The van der Waals surface area contributed by atoms with Gasteiger partial charge in [0.25, 0.3) is 0 Å². The van der Waals surface area contributed by atoms with Crippen molar-refractivity contribution in [1.29, 1.82) is 0 Å². The number of aromatic nitrogens is 1. The molecule has 3 heterocycles. The quantitative estimate of drug-likeness (QED) is 0.810. The molecule has 0 aliphatic carbocycles.